The second kappa shape index (κ2) is 9.67. The standard InChI is InChI=1S/C32H26O4/c1-20-12-14-25(15-13-20)30(31-26-10-6-4-8-23(26)16-18-28(31)35-21(2)33)32-27-11-7-5-9-24(27)17-19-29(32)36-22(3)34/h4-19,30H,1-3H3. The minimum atomic E-state index is -0.396. The summed E-state index contributed by atoms with van der Waals surface area (Å²) in [6.07, 6.45) is 0. The highest BCUT2D eigenvalue weighted by atomic mass is 16.5. The van der Waals surface area contributed by atoms with Crippen LogP contribution in [0, 0.1) is 6.92 Å². The van der Waals surface area contributed by atoms with Crippen LogP contribution < -0.4 is 9.47 Å². The molecule has 5 aromatic rings. The number of rotatable bonds is 5. The highest BCUT2D eigenvalue weighted by molar-refractivity contribution is 5.94. The molecule has 0 N–H and O–H groups in total. The molecular weight excluding hydrogens is 448 g/mol. The third-order valence-corrected chi connectivity index (χ3v) is 6.36. The quantitative estimate of drug-likeness (QED) is 0.152. The molecule has 0 spiro atoms. The molecule has 178 valence electrons. The molecule has 0 saturated carbocycles. The van der Waals surface area contributed by atoms with E-state index in [9.17, 15) is 9.59 Å². The molecular formula is C32H26O4. The van der Waals surface area contributed by atoms with Crippen molar-refractivity contribution in [2.75, 3.05) is 0 Å². The van der Waals surface area contributed by atoms with E-state index in [1.54, 1.807) is 0 Å². The molecule has 0 unspecified atom stereocenters. The van der Waals surface area contributed by atoms with Crippen molar-refractivity contribution in [1.82, 2.24) is 0 Å². The zero-order chi connectivity index (χ0) is 25.2. The highest BCUT2D eigenvalue weighted by Gasteiger charge is 2.29. The van der Waals surface area contributed by atoms with Gasteiger partial charge in [-0.25, -0.2) is 0 Å². The van der Waals surface area contributed by atoms with Crippen LogP contribution in [0.15, 0.2) is 97.1 Å². The van der Waals surface area contributed by atoms with E-state index < -0.39 is 11.9 Å². The van der Waals surface area contributed by atoms with Gasteiger partial charge in [0.15, 0.2) is 0 Å². The minimum absolute atomic E-state index is 0.383. The molecule has 0 aliphatic heterocycles. The molecule has 5 aromatic carbocycles. The molecule has 4 heteroatoms. The molecule has 36 heavy (non-hydrogen) atoms. The van der Waals surface area contributed by atoms with Crippen LogP contribution in [0.3, 0.4) is 0 Å². The van der Waals surface area contributed by atoms with Crippen LogP contribution in [0.2, 0.25) is 0 Å². The summed E-state index contributed by atoms with van der Waals surface area (Å²) < 4.78 is 11.6. The Morgan fingerprint density at radius 1 is 0.583 bits per heavy atom. The van der Waals surface area contributed by atoms with Gasteiger partial charge in [-0.2, -0.15) is 0 Å². The number of aryl methyl sites for hydroxylation is 1. The third kappa shape index (κ3) is 4.46. The van der Waals surface area contributed by atoms with Crippen molar-refractivity contribution in [3.05, 3.63) is 119 Å². The molecule has 0 bridgehead atoms. The molecule has 0 amide bonds. The Morgan fingerprint density at radius 3 is 1.47 bits per heavy atom. The number of esters is 2. The van der Waals surface area contributed by atoms with E-state index in [0.717, 1.165) is 43.8 Å². The molecule has 0 heterocycles. The fourth-order valence-corrected chi connectivity index (χ4v) is 4.87. The predicted molar refractivity (Wildman–Crippen MR) is 143 cm³/mol. The van der Waals surface area contributed by atoms with Crippen molar-refractivity contribution >= 4 is 33.5 Å². The van der Waals surface area contributed by atoms with Gasteiger partial charge in [0.2, 0.25) is 0 Å². The second-order valence-electron chi connectivity index (χ2n) is 8.93. The van der Waals surface area contributed by atoms with E-state index in [0.29, 0.717) is 11.5 Å². The van der Waals surface area contributed by atoms with Gasteiger partial charge in [0.05, 0.1) is 0 Å². The first-order chi connectivity index (χ1) is 17.4. The zero-order valence-electron chi connectivity index (χ0n) is 20.4. The lowest BCUT2D eigenvalue weighted by molar-refractivity contribution is -0.132. The summed E-state index contributed by atoms with van der Waals surface area (Å²) >= 11 is 0. The molecule has 0 aliphatic rings. The first-order valence-corrected chi connectivity index (χ1v) is 11.9. The predicted octanol–water partition coefficient (Wildman–Crippen LogP) is 7.33. The average Bonchev–Trinajstić information content (AvgIpc) is 2.86. The number of carbonyl (C=O) groups excluding carboxylic acids is 2. The lowest BCUT2D eigenvalue weighted by Crippen LogP contribution is -2.13. The van der Waals surface area contributed by atoms with Gasteiger partial charge in [-0.3, -0.25) is 9.59 Å². The van der Waals surface area contributed by atoms with Crippen LogP contribution in [-0.4, -0.2) is 11.9 Å². The van der Waals surface area contributed by atoms with Crippen molar-refractivity contribution in [2.24, 2.45) is 0 Å². The lowest BCUT2D eigenvalue weighted by Gasteiger charge is -2.26. The Morgan fingerprint density at radius 2 is 1.03 bits per heavy atom. The van der Waals surface area contributed by atoms with Gasteiger partial charge in [-0.1, -0.05) is 90.5 Å². The number of benzene rings is 5. The summed E-state index contributed by atoms with van der Waals surface area (Å²) in [6, 6.07) is 32.0. The SMILES string of the molecule is CC(=O)Oc1ccc2ccccc2c1C(c1ccc(C)cc1)c1c(OC(C)=O)ccc2ccccc12. The van der Waals surface area contributed by atoms with Crippen molar-refractivity contribution in [3.8, 4) is 11.5 Å². The van der Waals surface area contributed by atoms with Gasteiger partial charge in [0.1, 0.15) is 11.5 Å². The Kier molecular flexibility index (Phi) is 6.26. The van der Waals surface area contributed by atoms with E-state index in [-0.39, 0.29) is 5.92 Å². The van der Waals surface area contributed by atoms with Crippen molar-refractivity contribution < 1.29 is 19.1 Å². The summed E-state index contributed by atoms with van der Waals surface area (Å²) in [5, 5.41) is 3.97. The lowest BCUT2D eigenvalue weighted by atomic mass is 9.79. The summed E-state index contributed by atoms with van der Waals surface area (Å²) in [5.41, 5.74) is 3.82. The van der Waals surface area contributed by atoms with Crippen molar-refractivity contribution in [1.29, 1.82) is 0 Å². The topological polar surface area (TPSA) is 52.6 Å². The number of ether oxygens (including phenoxy) is 2. The van der Waals surface area contributed by atoms with Crippen molar-refractivity contribution in [3.63, 3.8) is 0 Å². The summed E-state index contributed by atoms with van der Waals surface area (Å²) in [6.45, 7) is 4.85. The monoisotopic (exact) mass is 474 g/mol. The van der Waals surface area contributed by atoms with Gasteiger partial charge in [0, 0.05) is 30.9 Å². The van der Waals surface area contributed by atoms with E-state index >= 15 is 0 Å². The molecule has 0 aromatic heterocycles. The van der Waals surface area contributed by atoms with E-state index in [1.165, 1.54) is 13.8 Å². The number of carbonyl (C=O) groups is 2. The van der Waals surface area contributed by atoms with Crippen molar-refractivity contribution in [2.45, 2.75) is 26.7 Å². The molecule has 5 rings (SSSR count). The molecule has 0 fully saturated rings. The van der Waals surface area contributed by atoms with Gasteiger partial charge < -0.3 is 9.47 Å². The summed E-state index contributed by atoms with van der Waals surface area (Å²) in [5.74, 6) is -0.215. The highest BCUT2D eigenvalue weighted by Crippen LogP contribution is 2.47. The number of hydrogen-bond acceptors (Lipinski definition) is 4. The molecule has 4 nitrogen and oxygen atoms in total. The maximum absolute atomic E-state index is 12.2. The molecule has 0 atom stereocenters. The average molecular weight is 475 g/mol. The molecule has 0 saturated heterocycles. The number of fused-ring (bicyclic) bond motifs is 2. The minimum Gasteiger partial charge on any atom is -0.426 e. The fraction of sp³-hybridized carbons (Fsp3) is 0.125. The Hall–Kier alpha value is -4.44. The Bertz CT molecular complexity index is 1500. The van der Waals surface area contributed by atoms with Crippen LogP contribution in [0.5, 0.6) is 11.5 Å². The normalized spacial score (nSPS) is 11.1. The third-order valence-electron chi connectivity index (χ3n) is 6.36. The Balaban J connectivity index is 1.94. The fourth-order valence-electron chi connectivity index (χ4n) is 4.87. The smallest absolute Gasteiger partial charge is 0.308 e. The van der Waals surface area contributed by atoms with E-state index in [4.69, 9.17) is 9.47 Å². The van der Waals surface area contributed by atoms with E-state index in [1.807, 2.05) is 79.7 Å². The van der Waals surface area contributed by atoms with Crippen LogP contribution in [0.25, 0.3) is 21.5 Å². The van der Waals surface area contributed by atoms with Gasteiger partial charge in [-0.15, -0.1) is 0 Å². The zero-order valence-corrected chi connectivity index (χ0v) is 20.4. The van der Waals surface area contributed by atoms with Gasteiger partial charge >= 0.3 is 11.9 Å². The largest absolute Gasteiger partial charge is 0.426 e. The van der Waals surface area contributed by atoms with Crippen LogP contribution in [0.4, 0.5) is 0 Å². The second-order valence-corrected chi connectivity index (χ2v) is 8.93. The van der Waals surface area contributed by atoms with Crippen LogP contribution in [-0.2, 0) is 9.59 Å². The van der Waals surface area contributed by atoms with Gasteiger partial charge in [0.25, 0.3) is 0 Å². The van der Waals surface area contributed by atoms with Crippen LogP contribution >= 0.6 is 0 Å². The summed E-state index contributed by atoms with van der Waals surface area (Å²) in [7, 11) is 0. The molecule has 0 radical (unpaired) electrons. The first-order valence-electron chi connectivity index (χ1n) is 11.9. The Labute approximate surface area is 210 Å². The van der Waals surface area contributed by atoms with E-state index in [2.05, 4.69) is 24.3 Å². The maximum atomic E-state index is 12.2. The van der Waals surface area contributed by atoms with Crippen LogP contribution in [0.1, 0.15) is 42.0 Å². The summed E-state index contributed by atoms with van der Waals surface area (Å²) in [4.78, 5) is 24.3. The van der Waals surface area contributed by atoms with Gasteiger partial charge in [-0.05, 0) is 46.2 Å². The maximum Gasteiger partial charge on any atom is 0.308 e. The first kappa shape index (κ1) is 23.3. The molecule has 0 aliphatic carbocycles. The number of hydrogen-bond donors (Lipinski definition) is 0.